The fourth-order valence-electron chi connectivity index (χ4n) is 2.87. The Morgan fingerprint density at radius 2 is 2.04 bits per heavy atom. The van der Waals surface area contributed by atoms with Crippen LogP contribution in [0.1, 0.15) is 12.0 Å². The van der Waals surface area contributed by atoms with Gasteiger partial charge in [0, 0.05) is 38.4 Å². The minimum atomic E-state index is -0.0816. The Labute approximate surface area is 152 Å². The predicted octanol–water partition coefficient (Wildman–Crippen LogP) is 1.23. The highest BCUT2D eigenvalue weighted by Crippen LogP contribution is 2.17. The van der Waals surface area contributed by atoms with Crippen molar-refractivity contribution in [1.82, 2.24) is 14.7 Å². The smallest absolute Gasteiger partial charge is 0.246 e. The Bertz CT molecular complexity index is 761. The fourth-order valence-corrected chi connectivity index (χ4v) is 2.87. The standard InChI is InChI=1S/C17H21N5O2.ClH/c1-20-11-14(10-19-20)22-9-8-21(12-17(22)24)16(23)7-6-13-4-2-3-5-15(13)18;/h2-5,10-11H,6-9,12,18H2,1H3;1H. The topological polar surface area (TPSA) is 84.5 Å². The Hall–Kier alpha value is -2.54. The number of aryl methyl sites for hydroxylation is 2. The summed E-state index contributed by atoms with van der Waals surface area (Å²) in [5, 5.41) is 4.08. The summed E-state index contributed by atoms with van der Waals surface area (Å²) in [6, 6.07) is 7.54. The third-order valence-corrected chi connectivity index (χ3v) is 4.24. The molecule has 1 fully saturated rings. The number of amides is 2. The van der Waals surface area contributed by atoms with Gasteiger partial charge in [-0.2, -0.15) is 5.10 Å². The lowest BCUT2D eigenvalue weighted by atomic mass is 10.1. The highest BCUT2D eigenvalue weighted by atomic mass is 35.5. The number of para-hydroxylation sites is 1. The number of nitrogens with two attached hydrogens (primary N) is 1. The molecule has 0 atom stereocenters. The molecule has 25 heavy (non-hydrogen) atoms. The lowest BCUT2D eigenvalue weighted by molar-refractivity contribution is -0.136. The van der Waals surface area contributed by atoms with E-state index >= 15 is 0 Å². The molecule has 2 amide bonds. The Balaban J connectivity index is 0.00000225. The number of hydrogen-bond donors (Lipinski definition) is 1. The van der Waals surface area contributed by atoms with Crippen molar-refractivity contribution >= 4 is 35.6 Å². The van der Waals surface area contributed by atoms with Crippen LogP contribution in [0.4, 0.5) is 11.4 Å². The van der Waals surface area contributed by atoms with Crippen LogP contribution in [0.3, 0.4) is 0 Å². The van der Waals surface area contributed by atoms with Crippen LogP contribution in [-0.2, 0) is 23.1 Å². The minimum absolute atomic E-state index is 0. The third-order valence-electron chi connectivity index (χ3n) is 4.24. The molecule has 3 rings (SSSR count). The van der Waals surface area contributed by atoms with E-state index in [9.17, 15) is 9.59 Å². The number of anilines is 2. The second-order valence-electron chi connectivity index (χ2n) is 5.93. The number of aromatic nitrogens is 2. The Morgan fingerprint density at radius 1 is 1.28 bits per heavy atom. The van der Waals surface area contributed by atoms with Gasteiger partial charge in [-0.25, -0.2) is 0 Å². The lowest BCUT2D eigenvalue weighted by Gasteiger charge is -2.33. The summed E-state index contributed by atoms with van der Waals surface area (Å²) in [5.74, 6) is -0.0979. The summed E-state index contributed by atoms with van der Waals surface area (Å²) >= 11 is 0. The van der Waals surface area contributed by atoms with E-state index in [1.54, 1.807) is 26.9 Å². The van der Waals surface area contributed by atoms with Gasteiger partial charge in [0.15, 0.2) is 0 Å². The number of nitrogens with zero attached hydrogens (tertiary/aromatic N) is 4. The van der Waals surface area contributed by atoms with Crippen molar-refractivity contribution in [3.05, 3.63) is 42.2 Å². The van der Waals surface area contributed by atoms with Crippen LogP contribution < -0.4 is 10.6 Å². The van der Waals surface area contributed by atoms with E-state index in [2.05, 4.69) is 5.10 Å². The number of halogens is 1. The number of piperazine rings is 1. The van der Waals surface area contributed by atoms with Gasteiger partial charge < -0.3 is 15.5 Å². The maximum atomic E-state index is 12.4. The van der Waals surface area contributed by atoms with Crippen LogP contribution in [0.2, 0.25) is 0 Å². The van der Waals surface area contributed by atoms with Gasteiger partial charge in [-0.15, -0.1) is 12.4 Å². The molecule has 0 spiro atoms. The lowest BCUT2D eigenvalue weighted by Crippen LogP contribution is -2.52. The molecule has 1 aliphatic heterocycles. The summed E-state index contributed by atoms with van der Waals surface area (Å²) in [6.07, 6.45) is 4.40. The van der Waals surface area contributed by atoms with Crippen molar-refractivity contribution in [2.24, 2.45) is 7.05 Å². The molecule has 1 aromatic carbocycles. The zero-order valence-electron chi connectivity index (χ0n) is 14.1. The van der Waals surface area contributed by atoms with Crippen LogP contribution in [0, 0.1) is 0 Å². The van der Waals surface area contributed by atoms with Gasteiger partial charge in [0.05, 0.1) is 11.9 Å². The molecule has 8 heteroatoms. The molecule has 2 aromatic rings. The minimum Gasteiger partial charge on any atom is -0.399 e. The molecular formula is C17H22ClN5O2. The second kappa shape index (κ2) is 8.02. The van der Waals surface area contributed by atoms with Crippen LogP contribution in [0.25, 0.3) is 0 Å². The van der Waals surface area contributed by atoms with Crippen LogP contribution >= 0.6 is 12.4 Å². The Kier molecular flexibility index (Phi) is 6.03. The first-order chi connectivity index (χ1) is 11.5. The van der Waals surface area contributed by atoms with Gasteiger partial charge in [0.2, 0.25) is 11.8 Å². The molecule has 0 bridgehead atoms. The Morgan fingerprint density at radius 3 is 2.68 bits per heavy atom. The zero-order chi connectivity index (χ0) is 17.1. The molecule has 0 unspecified atom stereocenters. The quantitative estimate of drug-likeness (QED) is 0.828. The number of nitrogen functional groups attached to an aromatic ring is 1. The first-order valence-corrected chi connectivity index (χ1v) is 7.95. The van der Waals surface area contributed by atoms with Gasteiger partial charge in [-0.1, -0.05) is 18.2 Å². The first-order valence-electron chi connectivity index (χ1n) is 7.95. The van der Waals surface area contributed by atoms with E-state index < -0.39 is 0 Å². The van der Waals surface area contributed by atoms with E-state index in [1.807, 2.05) is 31.3 Å². The second-order valence-corrected chi connectivity index (χ2v) is 5.93. The van der Waals surface area contributed by atoms with Crippen LogP contribution in [0.5, 0.6) is 0 Å². The van der Waals surface area contributed by atoms with E-state index in [0.717, 1.165) is 11.3 Å². The van der Waals surface area contributed by atoms with Crippen molar-refractivity contribution in [2.75, 3.05) is 30.3 Å². The van der Waals surface area contributed by atoms with E-state index in [0.29, 0.717) is 31.6 Å². The number of rotatable bonds is 4. The summed E-state index contributed by atoms with van der Waals surface area (Å²) in [5.41, 5.74) is 8.33. The summed E-state index contributed by atoms with van der Waals surface area (Å²) in [6.45, 7) is 1.13. The highest BCUT2D eigenvalue weighted by molar-refractivity contribution is 5.97. The molecule has 2 heterocycles. The summed E-state index contributed by atoms with van der Waals surface area (Å²) in [4.78, 5) is 28.0. The number of carbonyl (C=O) groups excluding carboxylic acids is 2. The van der Waals surface area contributed by atoms with Crippen LogP contribution in [-0.4, -0.2) is 46.1 Å². The zero-order valence-corrected chi connectivity index (χ0v) is 14.9. The SMILES string of the molecule is Cl.Cn1cc(N2CCN(C(=O)CCc3ccccc3N)CC2=O)cn1. The molecule has 0 saturated carbocycles. The van der Waals surface area contributed by atoms with Crippen molar-refractivity contribution in [2.45, 2.75) is 12.8 Å². The highest BCUT2D eigenvalue weighted by Gasteiger charge is 2.28. The van der Waals surface area contributed by atoms with Gasteiger partial charge in [-0.05, 0) is 18.1 Å². The molecule has 0 aliphatic carbocycles. The number of hydrogen-bond acceptors (Lipinski definition) is 4. The molecule has 7 nitrogen and oxygen atoms in total. The summed E-state index contributed by atoms with van der Waals surface area (Å²) < 4.78 is 1.66. The van der Waals surface area contributed by atoms with Gasteiger partial charge in [0.1, 0.15) is 6.54 Å². The van der Waals surface area contributed by atoms with Gasteiger partial charge in [-0.3, -0.25) is 14.3 Å². The molecular weight excluding hydrogens is 342 g/mol. The number of benzene rings is 1. The normalized spacial score (nSPS) is 14.4. The van der Waals surface area contributed by atoms with E-state index in [-0.39, 0.29) is 30.8 Å². The van der Waals surface area contributed by atoms with Crippen molar-refractivity contribution in [3.8, 4) is 0 Å². The first kappa shape index (κ1) is 18.8. The molecule has 0 radical (unpaired) electrons. The van der Waals surface area contributed by atoms with Crippen LogP contribution in [0.15, 0.2) is 36.7 Å². The summed E-state index contributed by atoms with van der Waals surface area (Å²) in [7, 11) is 1.81. The maximum absolute atomic E-state index is 12.4. The van der Waals surface area contributed by atoms with E-state index in [1.165, 1.54) is 0 Å². The van der Waals surface area contributed by atoms with Crippen molar-refractivity contribution in [1.29, 1.82) is 0 Å². The van der Waals surface area contributed by atoms with Crippen molar-refractivity contribution in [3.63, 3.8) is 0 Å². The van der Waals surface area contributed by atoms with Crippen molar-refractivity contribution < 1.29 is 9.59 Å². The van der Waals surface area contributed by atoms with E-state index in [4.69, 9.17) is 5.73 Å². The monoisotopic (exact) mass is 363 g/mol. The average molecular weight is 364 g/mol. The predicted molar refractivity (Wildman–Crippen MR) is 98.6 cm³/mol. The molecule has 2 N–H and O–H groups in total. The molecule has 134 valence electrons. The molecule has 1 aliphatic rings. The average Bonchev–Trinajstić information content (AvgIpc) is 3.00. The molecule has 1 aromatic heterocycles. The maximum Gasteiger partial charge on any atom is 0.246 e. The van der Waals surface area contributed by atoms with Gasteiger partial charge >= 0.3 is 0 Å². The molecule has 1 saturated heterocycles. The van der Waals surface area contributed by atoms with Gasteiger partial charge in [0.25, 0.3) is 0 Å². The largest absolute Gasteiger partial charge is 0.399 e. The third kappa shape index (κ3) is 4.30. The number of carbonyl (C=O) groups is 2. The fraction of sp³-hybridized carbons (Fsp3) is 0.353.